The minimum Gasteiger partial charge on any atom is -0.299 e. The summed E-state index contributed by atoms with van der Waals surface area (Å²) in [6, 6.07) is 3.21. The summed E-state index contributed by atoms with van der Waals surface area (Å²) in [5.41, 5.74) is 0.615. The van der Waals surface area contributed by atoms with Crippen LogP contribution in [0.1, 0.15) is 69.9 Å². The Labute approximate surface area is 138 Å². The Morgan fingerprint density at radius 2 is 1.61 bits per heavy atom. The first-order valence-electron chi connectivity index (χ1n) is 9.05. The van der Waals surface area contributed by atoms with Crippen molar-refractivity contribution < 1.29 is 13.6 Å². The Bertz CT molecular complexity index is 531. The van der Waals surface area contributed by atoms with E-state index in [1.54, 1.807) is 12.1 Å². The summed E-state index contributed by atoms with van der Waals surface area (Å²) in [6.45, 7) is 4.13. The molecule has 1 aliphatic carbocycles. The number of rotatable bonds is 7. The van der Waals surface area contributed by atoms with Crippen LogP contribution in [0.15, 0.2) is 12.1 Å². The molecule has 0 atom stereocenters. The molecule has 0 saturated heterocycles. The summed E-state index contributed by atoms with van der Waals surface area (Å²) >= 11 is 0. The summed E-state index contributed by atoms with van der Waals surface area (Å²) in [5.74, 6) is -0.762. The van der Waals surface area contributed by atoms with Crippen LogP contribution < -0.4 is 0 Å². The summed E-state index contributed by atoms with van der Waals surface area (Å²) in [4.78, 5) is 12.4. The van der Waals surface area contributed by atoms with Crippen molar-refractivity contribution in [1.82, 2.24) is 0 Å². The lowest BCUT2D eigenvalue weighted by molar-refractivity contribution is -0.123. The number of carbonyl (C=O) groups is 1. The highest BCUT2D eigenvalue weighted by atomic mass is 19.2. The van der Waals surface area contributed by atoms with Gasteiger partial charge in [0.25, 0.3) is 0 Å². The van der Waals surface area contributed by atoms with Crippen molar-refractivity contribution in [3.63, 3.8) is 0 Å². The topological polar surface area (TPSA) is 17.1 Å². The molecule has 0 radical (unpaired) electrons. The summed E-state index contributed by atoms with van der Waals surface area (Å²) in [5, 5.41) is 0. The zero-order valence-corrected chi connectivity index (χ0v) is 14.3. The van der Waals surface area contributed by atoms with E-state index in [0.29, 0.717) is 12.0 Å². The van der Waals surface area contributed by atoms with Crippen molar-refractivity contribution in [3.05, 3.63) is 34.9 Å². The van der Waals surface area contributed by atoms with Crippen molar-refractivity contribution in [2.45, 2.75) is 71.6 Å². The van der Waals surface area contributed by atoms with E-state index < -0.39 is 11.6 Å². The van der Waals surface area contributed by atoms with Crippen LogP contribution in [0.2, 0.25) is 0 Å². The van der Waals surface area contributed by atoms with Gasteiger partial charge in [-0.3, -0.25) is 4.79 Å². The Morgan fingerprint density at radius 3 is 2.22 bits per heavy atom. The van der Waals surface area contributed by atoms with Crippen molar-refractivity contribution in [2.24, 2.45) is 11.8 Å². The predicted molar refractivity (Wildman–Crippen MR) is 89.4 cm³/mol. The quantitative estimate of drug-likeness (QED) is 0.635. The maximum absolute atomic E-state index is 14.1. The number of aryl methyl sites for hydroxylation is 1. The zero-order chi connectivity index (χ0) is 16.8. The third-order valence-corrected chi connectivity index (χ3v) is 5.13. The van der Waals surface area contributed by atoms with Crippen LogP contribution in [-0.4, -0.2) is 5.78 Å². The molecule has 1 aromatic carbocycles. The lowest BCUT2D eigenvalue weighted by Gasteiger charge is -2.27. The number of benzene rings is 1. The second-order valence-corrected chi connectivity index (χ2v) is 6.91. The smallest absolute Gasteiger partial charge is 0.162 e. The van der Waals surface area contributed by atoms with Crippen molar-refractivity contribution in [3.8, 4) is 0 Å². The molecule has 0 spiro atoms. The number of ketones is 1. The van der Waals surface area contributed by atoms with Gasteiger partial charge < -0.3 is 0 Å². The maximum Gasteiger partial charge on any atom is 0.162 e. The second-order valence-electron chi connectivity index (χ2n) is 6.91. The van der Waals surface area contributed by atoms with E-state index in [1.807, 2.05) is 6.92 Å². The van der Waals surface area contributed by atoms with Crippen LogP contribution in [0, 0.1) is 23.5 Å². The highest BCUT2D eigenvalue weighted by Gasteiger charge is 2.26. The molecule has 1 nitrogen and oxygen atoms in total. The highest BCUT2D eigenvalue weighted by molar-refractivity contribution is 5.83. The van der Waals surface area contributed by atoms with Gasteiger partial charge in [0, 0.05) is 12.3 Å². The van der Waals surface area contributed by atoms with Gasteiger partial charge in [-0.15, -0.1) is 0 Å². The molecule has 0 aromatic heterocycles. The average Bonchev–Trinajstić information content (AvgIpc) is 2.55. The largest absolute Gasteiger partial charge is 0.299 e. The lowest BCUT2D eigenvalue weighted by atomic mass is 9.77. The first-order valence-corrected chi connectivity index (χ1v) is 9.05. The Hall–Kier alpha value is -1.25. The Kier molecular flexibility index (Phi) is 6.73. The first kappa shape index (κ1) is 18.1. The van der Waals surface area contributed by atoms with Crippen LogP contribution >= 0.6 is 0 Å². The van der Waals surface area contributed by atoms with Gasteiger partial charge in [-0.2, -0.15) is 0 Å². The van der Waals surface area contributed by atoms with E-state index in [-0.39, 0.29) is 23.7 Å². The average molecular weight is 322 g/mol. The van der Waals surface area contributed by atoms with Crippen LogP contribution in [0.3, 0.4) is 0 Å². The molecule has 0 aliphatic heterocycles. The molecule has 3 heteroatoms. The second kappa shape index (κ2) is 8.56. The van der Waals surface area contributed by atoms with E-state index in [1.165, 1.54) is 12.8 Å². The molecule has 1 saturated carbocycles. The Morgan fingerprint density at radius 1 is 1.00 bits per heavy atom. The molecule has 2 rings (SSSR count). The van der Waals surface area contributed by atoms with Crippen molar-refractivity contribution >= 4 is 5.78 Å². The SMILES string of the molecule is CCCc1ccc(CC(=O)C2CCC(CCC)CC2)c(F)c1F. The summed E-state index contributed by atoms with van der Waals surface area (Å²) < 4.78 is 28.1. The minimum atomic E-state index is -0.830. The van der Waals surface area contributed by atoms with Gasteiger partial charge >= 0.3 is 0 Å². The van der Waals surface area contributed by atoms with Crippen molar-refractivity contribution in [2.75, 3.05) is 0 Å². The lowest BCUT2D eigenvalue weighted by Crippen LogP contribution is -2.23. The molecule has 23 heavy (non-hydrogen) atoms. The molecule has 0 N–H and O–H groups in total. The molecule has 1 aromatic rings. The fraction of sp³-hybridized carbons (Fsp3) is 0.650. The maximum atomic E-state index is 14.1. The van der Waals surface area contributed by atoms with Gasteiger partial charge in [-0.05, 0) is 49.1 Å². The fourth-order valence-electron chi connectivity index (χ4n) is 3.74. The number of hydrogen-bond acceptors (Lipinski definition) is 1. The van der Waals surface area contributed by atoms with E-state index in [2.05, 4.69) is 6.92 Å². The molecule has 1 aliphatic rings. The molecule has 128 valence electrons. The predicted octanol–water partition coefficient (Wildman–Crippen LogP) is 5.64. The summed E-state index contributed by atoms with van der Waals surface area (Å²) in [7, 11) is 0. The van der Waals surface area contributed by atoms with Gasteiger partial charge in [-0.1, -0.05) is 45.2 Å². The third-order valence-electron chi connectivity index (χ3n) is 5.13. The molecule has 0 amide bonds. The number of hydrogen-bond donors (Lipinski definition) is 0. The Balaban J connectivity index is 1.97. The van der Waals surface area contributed by atoms with E-state index >= 15 is 0 Å². The van der Waals surface area contributed by atoms with Gasteiger partial charge in [-0.25, -0.2) is 8.78 Å². The molecule has 1 fully saturated rings. The van der Waals surface area contributed by atoms with Crippen LogP contribution in [-0.2, 0) is 17.6 Å². The van der Waals surface area contributed by atoms with Gasteiger partial charge in [0.2, 0.25) is 0 Å². The zero-order valence-electron chi connectivity index (χ0n) is 14.3. The molecule has 0 unspecified atom stereocenters. The third kappa shape index (κ3) is 4.62. The van der Waals surface area contributed by atoms with E-state index in [4.69, 9.17) is 0 Å². The number of halogens is 2. The summed E-state index contributed by atoms with van der Waals surface area (Å²) in [6.07, 6.45) is 7.75. The standard InChI is InChI=1S/C20H28F2O/c1-3-5-14-7-9-15(10-8-14)18(23)13-17-12-11-16(6-4-2)19(21)20(17)22/h11-12,14-15H,3-10,13H2,1-2H3. The fourth-order valence-corrected chi connectivity index (χ4v) is 3.74. The van der Waals surface area contributed by atoms with Crippen LogP contribution in [0.4, 0.5) is 8.78 Å². The molecule has 0 heterocycles. The van der Waals surface area contributed by atoms with Crippen molar-refractivity contribution in [1.29, 1.82) is 0 Å². The monoisotopic (exact) mass is 322 g/mol. The van der Waals surface area contributed by atoms with E-state index in [9.17, 15) is 13.6 Å². The molecular formula is C20H28F2O. The van der Waals surface area contributed by atoms with Gasteiger partial charge in [0.1, 0.15) is 5.78 Å². The van der Waals surface area contributed by atoms with Crippen LogP contribution in [0.5, 0.6) is 0 Å². The van der Waals surface area contributed by atoms with Gasteiger partial charge in [0.15, 0.2) is 11.6 Å². The number of Topliss-reactive ketones (excluding diaryl/α,β-unsaturated/α-hetero) is 1. The van der Waals surface area contributed by atoms with Crippen LogP contribution in [0.25, 0.3) is 0 Å². The number of carbonyl (C=O) groups excluding carboxylic acids is 1. The highest BCUT2D eigenvalue weighted by Crippen LogP contribution is 2.32. The van der Waals surface area contributed by atoms with Gasteiger partial charge in [0.05, 0.1) is 0 Å². The van der Waals surface area contributed by atoms with E-state index in [0.717, 1.165) is 38.0 Å². The minimum absolute atomic E-state index is 0.0261. The molecular weight excluding hydrogens is 294 g/mol. The molecule has 0 bridgehead atoms. The first-order chi connectivity index (χ1) is 11.1. The normalized spacial score (nSPS) is 21.4.